The Bertz CT molecular complexity index is 734. The van der Waals surface area contributed by atoms with Crippen LogP contribution in [0.2, 0.25) is 10.0 Å². The average molecular weight is 389 g/mol. The molecule has 0 spiro atoms. The van der Waals surface area contributed by atoms with Crippen LogP contribution < -0.4 is 5.32 Å². The van der Waals surface area contributed by atoms with Gasteiger partial charge >= 0.3 is 5.97 Å². The monoisotopic (exact) mass is 387 g/mol. The lowest BCUT2D eigenvalue weighted by Gasteiger charge is -2.08. The summed E-state index contributed by atoms with van der Waals surface area (Å²) in [6.07, 6.45) is 0. The Kier molecular flexibility index (Phi) is 4.88. The fourth-order valence-corrected chi connectivity index (χ4v) is 2.50. The molecule has 7 heteroatoms. The zero-order valence-electron chi connectivity index (χ0n) is 10.4. The van der Waals surface area contributed by atoms with Gasteiger partial charge in [-0.2, -0.15) is 0 Å². The topological polar surface area (TPSA) is 66.4 Å². The van der Waals surface area contributed by atoms with Crippen LogP contribution in [0.5, 0.6) is 0 Å². The molecule has 0 unspecified atom stereocenters. The molecule has 0 aromatic heterocycles. The van der Waals surface area contributed by atoms with E-state index < -0.39 is 5.97 Å². The van der Waals surface area contributed by atoms with Crippen LogP contribution >= 0.6 is 39.1 Å². The smallest absolute Gasteiger partial charge is 0.337 e. The second-order valence-electron chi connectivity index (χ2n) is 4.08. The predicted molar refractivity (Wildman–Crippen MR) is 85.5 cm³/mol. The minimum atomic E-state index is -1.13. The summed E-state index contributed by atoms with van der Waals surface area (Å²) >= 11 is 15.0. The molecule has 0 atom stereocenters. The standard InChI is InChI=1S/C14H8BrCl2NO3/c15-11-4-1-7(16)5-10(11)13(19)18-8-2-3-9(14(20)21)12(17)6-8/h1-6H,(H,18,19)(H,20,21). The quantitative estimate of drug-likeness (QED) is 0.800. The van der Waals surface area contributed by atoms with Crippen molar-refractivity contribution in [1.82, 2.24) is 0 Å². The summed E-state index contributed by atoms with van der Waals surface area (Å²) in [6.45, 7) is 0. The Morgan fingerprint density at radius 3 is 2.38 bits per heavy atom. The van der Waals surface area contributed by atoms with Gasteiger partial charge in [-0.1, -0.05) is 23.2 Å². The van der Waals surface area contributed by atoms with Crippen LogP contribution in [0.4, 0.5) is 5.69 Å². The number of halogens is 3. The molecule has 2 aromatic carbocycles. The predicted octanol–water partition coefficient (Wildman–Crippen LogP) is 4.71. The number of aromatic carboxylic acids is 1. The van der Waals surface area contributed by atoms with Gasteiger partial charge in [0.15, 0.2) is 0 Å². The summed E-state index contributed by atoms with van der Waals surface area (Å²) < 4.78 is 0.595. The summed E-state index contributed by atoms with van der Waals surface area (Å²) in [5.41, 5.74) is 0.724. The van der Waals surface area contributed by atoms with Gasteiger partial charge < -0.3 is 10.4 Å². The maximum atomic E-state index is 12.2. The number of benzene rings is 2. The van der Waals surface area contributed by atoms with Crippen molar-refractivity contribution < 1.29 is 14.7 Å². The number of rotatable bonds is 3. The van der Waals surface area contributed by atoms with Gasteiger partial charge in [0.05, 0.1) is 16.1 Å². The van der Waals surface area contributed by atoms with Gasteiger partial charge in [-0.15, -0.1) is 0 Å². The first-order valence-corrected chi connectivity index (χ1v) is 7.22. The molecule has 21 heavy (non-hydrogen) atoms. The molecule has 1 amide bonds. The zero-order chi connectivity index (χ0) is 15.6. The van der Waals surface area contributed by atoms with Crippen LogP contribution in [-0.4, -0.2) is 17.0 Å². The lowest BCUT2D eigenvalue weighted by atomic mass is 10.2. The highest BCUT2D eigenvalue weighted by molar-refractivity contribution is 9.10. The third-order valence-electron chi connectivity index (χ3n) is 2.63. The lowest BCUT2D eigenvalue weighted by molar-refractivity contribution is 0.0697. The van der Waals surface area contributed by atoms with Crippen molar-refractivity contribution in [1.29, 1.82) is 0 Å². The number of carboxylic acids is 1. The molecular weight excluding hydrogens is 381 g/mol. The molecule has 0 aliphatic rings. The molecule has 4 nitrogen and oxygen atoms in total. The largest absolute Gasteiger partial charge is 0.478 e. The molecule has 0 aliphatic heterocycles. The number of amides is 1. The fourth-order valence-electron chi connectivity index (χ4n) is 1.64. The Balaban J connectivity index is 2.26. The number of carboxylic acid groups (broad SMARTS) is 1. The van der Waals surface area contributed by atoms with Gasteiger partial charge in [0.25, 0.3) is 5.91 Å². The Morgan fingerprint density at radius 1 is 1.05 bits per heavy atom. The molecular formula is C14H8BrCl2NO3. The van der Waals surface area contributed by atoms with Gasteiger partial charge in [0.2, 0.25) is 0 Å². The first kappa shape index (κ1) is 15.8. The van der Waals surface area contributed by atoms with E-state index in [1.165, 1.54) is 24.3 Å². The van der Waals surface area contributed by atoms with Crippen molar-refractivity contribution in [3.8, 4) is 0 Å². The highest BCUT2D eigenvalue weighted by Crippen LogP contribution is 2.24. The van der Waals surface area contributed by atoms with E-state index in [-0.39, 0.29) is 16.5 Å². The maximum absolute atomic E-state index is 12.2. The molecule has 0 bridgehead atoms. The van der Waals surface area contributed by atoms with Gasteiger partial charge in [-0.05, 0) is 52.3 Å². The van der Waals surface area contributed by atoms with E-state index in [0.29, 0.717) is 20.7 Å². The Hall–Kier alpha value is -1.56. The number of hydrogen-bond acceptors (Lipinski definition) is 2. The molecule has 0 radical (unpaired) electrons. The van der Waals surface area contributed by atoms with Crippen LogP contribution in [0.3, 0.4) is 0 Å². The normalized spacial score (nSPS) is 10.2. The van der Waals surface area contributed by atoms with E-state index in [1.54, 1.807) is 12.1 Å². The van der Waals surface area contributed by atoms with E-state index in [0.717, 1.165) is 0 Å². The van der Waals surface area contributed by atoms with Crippen molar-refractivity contribution in [3.63, 3.8) is 0 Å². The molecule has 0 heterocycles. The van der Waals surface area contributed by atoms with Crippen molar-refractivity contribution in [3.05, 3.63) is 62.0 Å². The molecule has 2 rings (SSSR count). The SMILES string of the molecule is O=C(O)c1ccc(NC(=O)c2cc(Cl)ccc2Br)cc1Cl. The lowest BCUT2D eigenvalue weighted by Crippen LogP contribution is -2.13. The van der Waals surface area contributed by atoms with Gasteiger partial charge in [-0.25, -0.2) is 4.79 Å². The van der Waals surface area contributed by atoms with Crippen molar-refractivity contribution in [2.24, 2.45) is 0 Å². The minimum absolute atomic E-state index is 0.0291. The van der Waals surface area contributed by atoms with Crippen molar-refractivity contribution in [2.45, 2.75) is 0 Å². The van der Waals surface area contributed by atoms with E-state index in [2.05, 4.69) is 21.2 Å². The number of carbonyl (C=O) groups excluding carboxylic acids is 1. The molecule has 0 fully saturated rings. The van der Waals surface area contributed by atoms with Gasteiger partial charge in [0.1, 0.15) is 0 Å². The minimum Gasteiger partial charge on any atom is -0.478 e. The van der Waals surface area contributed by atoms with E-state index in [4.69, 9.17) is 28.3 Å². The Labute approximate surface area is 138 Å². The summed E-state index contributed by atoms with van der Waals surface area (Å²) in [5, 5.41) is 12.0. The van der Waals surface area contributed by atoms with Crippen molar-refractivity contribution in [2.75, 3.05) is 5.32 Å². The summed E-state index contributed by atoms with van der Waals surface area (Å²) in [4.78, 5) is 23.0. The van der Waals surface area contributed by atoms with Crippen LogP contribution in [-0.2, 0) is 0 Å². The number of nitrogens with one attached hydrogen (secondary N) is 1. The molecule has 108 valence electrons. The van der Waals surface area contributed by atoms with E-state index >= 15 is 0 Å². The third kappa shape index (κ3) is 3.75. The first-order chi connectivity index (χ1) is 9.88. The van der Waals surface area contributed by atoms with Crippen LogP contribution in [0.25, 0.3) is 0 Å². The number of hydrogen-bond donors (Lipinski definition) is 2. The summed E-state index contributed by atoms with van der Waals surface area (Å²) in [5.74, 6) is -1.51. The van der Waals surface area contributed by atoms with Crippen LogP contribution in [0, 0.1) is 0 Å². The van der Waals surface area contributed by atoms with Crippen LogP contribution in [0.15, 0.2) is 40.9 Å². The van der Waals surface area contributed by atoms with E-state index in [1.807, 2.05) is 0 Å². The summed E-state index contributed by atoms with van der Waals surface area (Å²) in [6, 6.07) is 9.01. The molecule has 0 saturated carbocycles. The molecule has 2 aromatic rings. The fraction of sp³-hybridized carbons (Fsp3) is 0. The van der Waals surface area contributed by atoms with Crippen LogP contribution in [0.1, 0.15) is 20.7 Å². The summed E-state index contributed by atoms with van der Waals surface area (Å²) in [7, 11) is 0. The second kappa shape index (κ2) is 6.47. The molecule has 2 N–H and O–H groups in total. The van der Waals surface area contributed by atoms with Gasteiger partial charge in [0, 0.05) is 15.2 Å². The van der Waals surface area contributed by atoms with Crippen molar-refractivity contribution >= 4 is 56.7 Å². The highest BCUT2D eigenvalue weighted by atomic mass is 79.9. The third-order valence-corrected chi connectivity index (χ3v) is 3.87. The Morgan fingerprint density at radius 2 is 1.76 bits per heavy atom. The molecule has 0 aliphatic carbocycles. The maximum Gasteiger partial charge on any atom is 0.337 e. The van der Waals surface area contributed by atoms with E-state index in [9.17, 15) is 9.59 Å². The zero-order valence-corrected chi connectivity index (χ0v) is 13.5. The number of carbonyl (C=O) groups is 2. The van der Waals surface area contributed by atoms with Gasteiger partial charge in [-0.3, -0.25) is 4.79 Å². The second-order valence-corrected chi connectivity index (χ2v) is 5.78. The average Bonchev–Trinajstić information content (AvgIpc) is 2.41. The molecule has 0 saturated heterocycles. The number of anilines is 1. The first-order valence-electron chi connectivity index (χ1n) is 5.67. The highest BCUT2D eigenvalue weighted by Gasteiger charge is 2.13.